The van der Waals surface area contributed by atoms with Gasteiger partial charge in [-0.2, -0.15) is 0 Å². The molecule has 1 aromatic heterocycles. The minimum absolute atomic E-state index is 0.174. The molecule has 0 atom stereocenters. The molecule has 1 N–H and O–H groups in total. The molecule has 0 saturated heterocycles. The number of hydrogen-bond donors (Lipinski definition) is 1. The number of aliphatic hydroxyl groups is 1. The first-order valence-electron chi connectivity index (χ1n) is 8.14. The van der Waals surface area contributed by atoms with Gasteiger partial charge < -0.3 is 14.9 Å². The van der Waals surface area contributed by atoms with Crippen molar-refractivity contribution >= 4 is 22.1 Å². The normalized spacial score (nSPS) is 22.1. The van der Waals surface area contributed by atoms with Gasteiger partial charge in [0.2, 0.25) is 0 Å². The van der Waals surface area contributed by atoms with Gasteiger partial charge in [-0.25, -0.2) is 0 Å². The molecule has 0 radical (unpaired) electrons. The van der Waals surface area contributed by atoms with Crippen LogP contribution in [0, 0.1) is 6.92 Å². The Kier molecular flexibility index (Phi) is 6.01. The van der Waals surface area contributed by atoms with Gasteiger partial charge in [-0.05, 0) is 59.2 Å². The van der Waals surface area contributed by atoms with Crippen molar-refractivity contribution in [2.45, 2.75) is 51.6 Å². The van der Waals surface area contributed by atoms with Gasteiger partial charge >= 0.3 is 0 Å². The highest BCUT2D eigenvalue weighted by molar-refractivity contribution is 7.14. The molecule has 1 aliphatic carbocycles. The van der Waals surface area contributed by atoms with Crippen LogP contribution in [0.2, 0.25) is 0 Å². The quantitative estimate of drug-likeness (QED) is 0.817. The van der Waals surface area contributed by atoms with Crippen LogP contribution in [0.3, 0.4) is 0 Å². The summed E-state index contributed by atoms with van der Waals surface area (Å²) in [6, 6.07) is 1.27. The summed E-state index contributed by atoms with van der Waals surface area (Å²) in [7, 11) is 4.33. The van der Waals surface area contributed by atoms with Crippen LogP contribution in [-0.4, -0.2) is 55.1 Å². The molecule has 5 heteroatoms. The number of anilines is 1. The summed E-state index contributed by atoms with van der Waals surface area (Å²) < 4.78 is 0. The van der Waals surface area contributed by atoms with E-state index in [1.54, 1.807) is 11.3 Å². The number of nitrogens with zero attached hydrogens (tertiary/aromatic N) is 2. The van der Waals surface area contributed by atoms with Gasteiger partial charge in [-0.15, -0.1) is 11.3 Å². The lowest BCUT2D eigenvalue weighted by molar-refractivity contribution is 0.0903. The maximum Gasteiger partial charge on any atom is 0.189 e. The van der Waals surface area contributed by atoms with E-state index in [-0.39, 0.29) is 5.78 Å². The van der Waals surface area contributed by atoms with Crippen molar-refractivity contribution in [2.75, 3.05) is 32.1 Å². The predicted octanol–water partition coefficient (Wildman–Crippen LogP) is 2.93. The third-order valence-corrected chi connectivity index (χ3v) is 6.01. The van der Waals surface area contributed by atoms with E-state index in [1.165, 1.54) is 30.7 Å². The van der Waals surface area contributed by atoms with Crippen LogP contribution in [0.4, 0.5) is 5.00 Å². The first kappa shape index (κ1) is 17.4. The van der Waals surface area contributed by atoms with Gasteiger partial charge in [0, 0.05) is 29.6 Å². The van der Waals surface area contributed by atoms with Crippen LogP contribution < -0.4 is 4.90 Å². The molecule has 1 fully saturated rings. The molecular formula is C17H28N2O2S. The summed E-state index contributed by atoms with van der Waals surface area (Å²) in [6.45, 7) is 4.75. The Morgan fingerprint density at radius 2 is 1.86 bits per heavy atom. The fourth-order valence-electron chi connectivity index (χ4n) is 3.50. The van der Waals surface area contributed by atoms with Crippen LogP contribution >= 0.6 is 11.3 Å². The Morgan fingerprint density at radius 3 is 2.36 bits per heavy atom. The summed E-state index contributed by atoms with van der Waals surface area (Å²) in [4.78, 5) is 16.6. The van der Waals surface area contributed by atoms with Crippen molar-refractivity contribution in [1.82, 2.24) is 4.90 Å². The molecule has 124 valence electrons. The largest absolute Gasteiger partial charge is 0.388 e. The minimum atomic E-state index is -0.406. The monoisotopic (exact) mass is 324 g/mol. The summed E-state index contributed by atoms with van der Waals surface area (Å²) >= 11 is 1.64. The Bertz CT molecular complexity index is 505. The molecule has 0 amide bonds. The number of Topliss-reactive ketones (excluding diaryl/α,β-unsaturated/α-hetero) is 1. The average Bonchev–Trinajstić information content (AvgIpc) is 2.90. The number of carbonyl (C=O) groups is 1. The second kappa shape index (κ2) is 7.57. The summed E-state index contributed by atoms with van der Waals surface area (Å²) in [5.41, 5.74) is 1.71. The van der Waals surface area contributed by atoms with Crippen LogP contribution in [0.15, 0.2) is 5.38 Å². The fraction of sp³-hybridized carbons (Fsp3) is 0.706. The zero-order valence-electron chi connectivity index (χ0n) is 14.1. The van der Waals surface area contributed by atoms with Gasteiger partial charge in [0.05, 0.1) is 5.00 Å². The number of hydrogen-bond acceptors (Lipinski definition) is 5. The third-order valence-electron chi connectivity index (χ3n) is 4.90. The SMILES string of the molecule is CCN(c1scc(C(=O)CO)c1C)C1CCC(N(C)C)CC1. The van der Waals surface area contributed by atoms with Crippen LogP contribution in [0.1, 0.15) is 48.5 Å². The van der Waals surface area contributed by atoms with Gasteiger partial charge in [-0.3, -0.25) is 4.79 Å². The molecule has 0 unspecified atom stereocenters. The molecule has 1 aromatic rings. The number of rotatable bonds is 6. The van der Waals surface area contributed by atoms with Gasteiger partial charge in [0.1, 0.15) is 6.61 Å². The number of thiophene rings is 1. The molecule has 0 aliphatic heterocycles. The average molecular weight is 324 g/mol. The molecule has 0 bridgehead atoms. The van der Waals surface area contributed by atoms with E-state index in [0.717, 1.165) is 12.1 Å². The molecule has 4 nitrogen and oxygen atoms in total. The maximum absolute atomic E-state index is 11.8. The Hall–Kier alpha value is -0.910. The van der Waals surface area contributed by atoms with E-state index in [1.807, 2.05) is 12.3 Å². The van der Waals surface area contributed by atoms with Crippen molar-refractivity contribution < 1.29 is 9.90 Å². The maximum atomic E-state index is 11.8. The second-order valence-corrected chi connectivity index (χ2v) is 7.23. The van der Waals surface area contributed by atoms with E-state index >= 15 is 0 Å². The number of carbonyl (C=O) groups excluding carboxylic acids is 1. The fourth-order valence-corrected chi connectivity index (χ4v) is 4.74. The van der Waals surface area contributed by atoms with Crippen molar-refractivity contribution in [3.63, 3.8) is 0 Å². The Labute approximate surface area is 137 Å². The van der Waals surface area contributed by atoms with Crippen molar-refractivity contribution in [2.24, 2.45) is 0 Å². The first-order chi connectivity index (χ1) is 10.5. The van der Waals surface area contributed by atoms with E-state index in [0.29, 0.717) is 17.6 Å². The Morgan fingerprint density at radius 1 is 1.27 bits per heavy atom. The zero-order valence-corrected chi connectivity index (χ0v) is 14.9. The topological polar surface area (TPSA) is 43.8 Å². The molecule has 1 heterocycles. The zero-order chi connectivity index (χ0) is 16.3. The van der Waals surface area contributed by atoms with Crippen LogP contribution in [0.5, 0.6) is 0 Å². The standard InChI is InChI=1S/C17H28N2O2S/c1-5-19(14-8-6-13(7-9-14)18(3)4)17-12(2)15(11-22-17)16(21)10-20/h11,13-14,20H,5-10H2,1-4H3. The highest BCUT2D eigenvalue weighted by Crippen LogP contribution is 2.36. The van der Waals surface area contributed by atoms with Crippen LogP contribution in [0.25, 0.3) is 0 Å². The number of ketones is 1. The second-order valence-electron chi connectivity index (χ2n) is 6.37. The summed E-state index contributed by atoms with van der Waals surface area (Å²) in [5, 5.41) is 12.2. The lowest BCUT2D eigenvalue weighted by atomic mass is 9.89. The predicted molar refractivity (Wildman–Crippen MR) is 93.2 cm³/mol. The molecule has 1 saturated carbocycles. The lowest BCUT2D eigenvalue weighted by Gasteiger charge is -2.39. The lowest BCUT2D eigenvalue weighted by Crippen LogP contribution is -2.42. The van der Waals surface area contributed by atoms with Crippen molar-refractivity contribution in [3.8, 4) is 0 Å². The van der Waals surface area contributed by atoms with Gasteiger partial charge in [-0.1, -0.05) is 0 Å². The Balaban J connectivity index is 2.13. The van der Waals surface area contributed by atoms with E-state index in [2.05, 4.69) is 30.8 Å². The summed E-state index contributed by atoms with van der Waals surface area (Å²) in [6.07, 6.45) is 4.89. The highest BCUT2D eigenvalue weighted by Gasteiger charge is 2.28. The minimum Gasteiger partial charge on any atom is -0.388 e. The van der Waals surface area contributed by atoms with Gasteiger partial charge in [0.25, 0.3) is 0 Å². The molecule has 0 aromatic carbocycles. The molecule has 22 heavy (non-hydrogen) atoms. The highest BCUT2D eigenvalue weighted by atomic mass is 32.1. The summed E-state index contributed by atoms with van der Waals surface area (Å²) in [5.74, 6) is -0.174. The van der Waals surface area contributed by atoms with Crippen LogP contribution in [-0.2, 0) is 0 Å². The third kappa shape index (κ3) is 3.53. The smallest absolute Gasteiger partial charge is 0.189 e. The van der Waals surface area contributed by atoms with Gasteiger partial charge in [0.15, 0.2) is 5.78 Å². The van der Waals surface area contributed by atoms with E-state index in [9.17, 15) is 4.79 Å². The van der Waals surface area contributed by atoms with E-state index in [4.69, 9.17) is 5.11 Å². The van der Waals surface area contributed by atoms with Crippen molar-refractivity contribution in [3.05, 3.63) is 16.5 Å². The molecule has 2 rings (SSSR count). The molecular weight excluding hydrogens is 296 g/mol. The molecule has 0 spiro atoms. The first-order valence-corrected chi connectivity index (χ1v) is 9.02. The van der Waals surface area contributed by atoms with E-state index < -0.39 is 6.61 Å². The number of aliphatic hydroxyl groups excluding tert-OH is 1. The van der Waals surface area contributed by atoms with Crippen molar-refractivity contribution in [1.29, 1.82) is 0 Å². The molecule has 1 aliphatic rings.